The first kappa shape index (κ1) is 21.1. The second-order valence-electron chi connectivity index (χ2n) is 7.37. The van der Waals surface area contributed by atoms with Crippen molar-refractivity contribution < 1.29 is 9.59 Å². The molecule has 0 saturated carbocycles. The van der Waals surface area contributed by atoms with Gasteiger partial charge in [0.2, 0.25) is 5.91 Å². The van der Waals surface area contributed by atoms with Crippen LogP contribution in [-0.4, -0.2) is 41.4 Å². The fourth-order valence-electron chi connectivity index (χ4n) is 3.61. The minimum Gasteiger partial charge on any atom is -0.334 e. The Hall–Kier alpha value is -3.59. The first-order valence-electron chi connectivity index (χ1n) is 10.1. The first-order valence-corrected chi connectivity index (χ1v) is 10.1. The number of nitrogens with zero attached hydrogens (tertiary/aromatic N) is 3. The Balaban J connectivity index is 1.55. The van der Waals surface area contributed by atoms with Crippen LogP contribution in [0.25, 0.3) is 0 Å². The van der Waals surface area contributed by atoms with E-state index in [9.17, 15) is 9.59 Å². The van der Waals surface area contributed by atoms with Gasteiger partial charge in [0.1, 0.15) is 0 Å². The molecule has 6 heteroatoms. The average molecular weight is 402 g/mol. The van der Waals surface area contributed by atoms with Gasteiger partial charge in [-0.3, -0.25) is 4.79 Å². The van der Waals surface area contributed by atoms with Crippen LogP contribution in [-0.2, 0) is 11.3 Å². The zero-order valence-corrected chi connectivity index (χ0v) is 17.0. The number of nitriles is 1. The number of rotatable bonds is 6. The molecule has 0 atom stereocenters. The van der Waals surface area contributed by atoms with Crippen LogP contribution in [0.5, 0.6) is 0 Å². The number of hydrogen-bond donors (Lipinski definition) is 1. The summed E-state index contributed by atoms with van der Waals surface area (Å²) in [6.07, 6.45) is 3.01. The Morgan fingerprint density at radius 3 is 2.40 bits per heavy atom. The third kappa shape index (κ3) is 5.48. The van der Waals surface area contributed by atoms with Gasteiger partial charge >= 0.3 is 6.03 Å². The summed E-state index contributed by atoms with van der Waals surface area (Å²) in [6, 6.07) is 18.6. The SMILES string of the molecule is C=CCN(Cc1ccc(C#N)cc1)C(=O)C1CCN(C(=O)Nc2ccccc2)CC1. The highest BCUT2D eigenvalue weighted by Gasteiger charge is 2.30. The van der Waals surface area contributed by atoms with E-state index in [1.165, 1.54) is 0 Å². The number of para-hydroxylation sites is 1. The highest BCUT2D eigenvalue weighted by molar-refractivity contribution is 5.89. The van der Waals surface area contributed by atoms with Gasteiger partial charge in [-0.1, -0.05) is 36.4 Å². The van der Waals surface area contributed by atoms with Crippen molar-refractivity contribution in [2.24, 2.45) is 5.92 Å². The predicted octanol–water partition coefficient (Wildman–Crippen LogP) is 4.02. The second-order valence-corrected chi connectivity index (χ2v) is 7.37. The van der Waals surface area contributed by atoms with E-state index >= 15 is 0 Å². The minimum atomic E-state index is -0.132. The molecule has 0 aromatic heterocycles. The molecule has 0 aliphatic carbocycles. The summed E-state index contributed by atoms with van der Waals surface area (Å²) in [5.41, 5.74) is 2.34. The molecule has 1 fully saturated rings. The molecule has 2 aromatic carbocycles. The monoisotopic (exact) mass is 402 g/mol. The number of piperidine rings is 1. The number of likely N-dealkylation sites (tertiary alicyclic amines) is 1. The van der Waals surface area contributed by atoms with Crippen LogP contribution in [0.4, 0.5) is 10.5 Å². The summed E-state index contributed by atoms with van der Waals surface area (Å²) in [6.45, 7) is 5.82. The lowest BCUT2D eigenvalue weighted by Crippen LogP contribution is -2.45. The molecule has 3 rings (SSSR count). The van der Waals surface area contributed by atoms with Crippen LogP contribution in [0, 0.1) is 17.2 Å². The summed E-state index contributed by atoms with van der Waals surface area (Å²) in [5, 5.41) is 11.8. The first-order chi connectivity index (χ1) is 14.6. The van der Waals surface area contributed by atoms with Crippen LogP contribution in [0.2, 0.25) is 0 Å². The summed E-state index contributed by atoms with van der Waals surface area (Å²) >= 11 is 0. The molecule has 1 aliphatic rings. The van der Waals surface area contributed by atoms with E-state index in [0.29, 0.717) is 44.6 Å². The molecule has 2 aromatic rings. The fraction of sp³-hybridized carbons (Fsp3) is 0.292. The van der Waals surface area contributed by atoms with Gasteiger partial charge in [0.05, 0.1) is 11.6 Å². The topological polar surface area (TPSA) is 76.4 Å². The molecule has 1 aliphatic heterocycles. The molecular weight excluding hydrogens is 376 g/mol. The van der Waals surface area contributed by atoms with E-state index in [4.69, 9.17) is 5.26 Å². The predicted molar refractivity (Wildman–Crippen MR) is 117 cm³/mol. The third-order valence-corrected chi connectivity index (χ3v) is 5.27. The smallest absolute Gasteiger partial charge is 0.321 e. The van der Waals surface area contributed by atoms with Crippen LogP contribution in [0.1, 0.15) is 24.0 Å². The molecule has 30 heavy (non-hydrogen) atoms. The summed E-state index contributed by atoms with van der Waals surface area (Å²) in [7, 11) is 0. The lowest BCUT2D eigenvalue weighted by Gasteiger charge is -2.34. The van der Waals surface area contributed by atoms with E-state index in [-0.39, 0.29) is 17.9 Å². The van der Waals surface area contributed by atoms with Gasteiger partial charge in [0, 0.05) is 37.8 Å². The molecule has 3 amide bonds. The zero-order chi connectivity index (χ0) is 21.3. The average Bonchev–Trinajstić information content (AvgIpc) is 2.79. The van der Waals surface area contributed by atoms with Crippen molar-refractivity contribution in [3.05, 3.63) is 78.4 Å². The van der Waals surface area contributed by atoms with Crippen molar-refractivity contribution in [3.63, 3.8) is 0 Å². The van der Waals surface area contributed by atoms with E-state index in [1.54, 1.807) is 28.0 Å². The number of carbonyl (C=O) groups is 2. The highest BCUT2D eigenvalue weighted by Crippen LogP contribution is 2.22. The van der Waals surface area contributed by atoms with E-state index in [0.717, 1.165) is 11.3 Å². The molecule has 0 bridgehead atoms. The maximum atomic E-state index is 13.1. The van der Waals surface area contributed by atoms with Gasteiger partial charge in [0.15, 0.2) is 0 Å². The summed E-state index contributed by atoms with van der Waals surface area (Å²) in [5.74, 6) is -0.0218. The molecule has 1 heterocycles. The second kappa shape index (κ2) is 10.3. The number of nitrogens with one attached hydrogen (secondary N) is 1. The maximum Gasteiger partial charge on any atom is 0.321 e. The number of anilines is 1. The van der Waals surface area contributed by atoms with Gasteiger partial charge in [0.25, 0.3) is 0 Å². The van der Waals surface area contributed by atoms with Crippen molar-refractivity contribution in [3.8, 4) is 6.07 Å². The number of hydrogen-bond acceptors (Lipinski definition) is 3. The van der Waals surface area contributed by atoms with E-state index in [1.807, 2.05) is 42.5 Å². The molecule has 1 N–H and O–H groups in total. The highest BCUT2D eigenvalue weighted by atomic mass is 16.2. The normalized spacial score (nSPS) is 13.9. The standard InChI is InChI=1S/C24H26N4O2/c1-2-14-28(18-20-10-8-19(17-25)9-11-20)23(29)21-12-15-27(16-13-21)24(30)26-22-6-4-3-5-7-22/h2-11,21H,1,12-16,18H2,(H,26,30). The summed E-state index contributed by atoms with van der Waals surface area (Å²) < 4.78 is 0. The van der Waals surface area contributed by atoms with Gasteiger partial charge < -0.3 is 15.1 Å². The molecule has 0 radical (unpaired) electrons. The number of benzene rings is 2. The van der Waals surface area contributed by atoms with Gasteiger partial charge in [-0.15, -0.1) is 6.58 Å². The Bertz CT molecular complexity index is 910. The Labute approximate surface area is 177 Å². The van der Waals surface area contributed by atoms with Crippen LogP contribution >= 0.6 is 0 Å². The fourth-order valence-corrected chi connectivity index (χ4v) is 3.61. The van der Waals surface area contributed by atoms with E-state index < -0.39 is 0 Å². The van der Waals surface area contributed by atoms with Gasteiger partial charge in [-0.2, -0.15) is 5.26 Å². The lowest BCUT2D eigenvalue weighted by atomic mass is 9.95. The van der Waals surface area contributed by atoms with Crippen LogP contribution in [0.3, 0.4) is 0 Å². The van der Waals surface area contributed by atoms with Gasteiger partial charge in [-0.25, -0.2) is 4.79 Å². The lowest BCUT2D eigenvalue weighted by molar-refractivity contribution is -0.136. The molecule has 0 spiro atoms. The Morgan fingerprint density at radius 1 is 1.13 bits per heavy atom. The molecule has 1 saturated heterocycles. The van der Waals surface area contributed by atoms with Crippen LogP contribution < -0.4 is 5.32 Å². The van der Waals surface area contributed by atoms with Gasteiger partial charge in [-0.05, 0) is 42.7 Å². The Morgan fingerprint density at radius 2 is 1.80 bits per heavy atom. The molecular formula is C24H26N4O2. The largest absolute Gasteiger partial charge is 0.334 e. The number of amides is 3. The minimum absolute atomic E-state index is 0.0855. The number of urea groups is 1. The van der Waals surface area contributed by atoms with Crippen molar-refractivity contribution >= 4 is 17.6 Å². The Kier molecular flexibility index (Phi) is 7.23. The molecule has 0 unspecified atom stereocenters. The molecule has 6 nitrogen and oxygen atoms in total. The van der Waals surface area contributed by atoms with Crippen molar-refractivity contribution in [2.45, 2.75) is 19.4 Å². The third-order valence-electron chi connectivity index (χ3n) is 5.27. The zero-order valence-electron chi connectivity index (χ0n) is 17.0. The van der Waals surface area contributed by atoms with Crippen molar-refractivity contribution in [1.29, 1.82) is 5.26 Å². The van der Waals surface area contributed by atoms with Crippen molar-refractivity contribution in [1.82, 2.24) is 9.80 Å². The van der Waals surface area contributed by atoms with Crippen LogP contribution in [0.15, 0.2) is 67.3 Å². The van der Waals surface area contributed by atoms with Crippen molar-refractivity contribution in [2.75, 3.05) is 25.0 Å². The maximum absolute atomic E-state index is 13.1. The molecule has 154 valence electrons. The number of carbonyl (C=O) groups excluding carboxylic acids is 2. The van der Waals surface area contributed by atoms with E-state index in [2.05, 4.69) is 18.0 Å². The quantitative estimate of drug-likeness (QED) is 0.742. The summed E-state index contributed by atoms with van der Waals surface area (Å²) in [4.78, 5) is 29.1.